The van der Waals surface area contributed by atoms with Gasteiger partial charge in [0.15, 0.2) is 0 Å². The van der Waals surface area contributed by atoms with Gasteiger partial charge in [-0.05, 0) is 24.7 Å². The van der Waals surface area contributed by atoms with Crippen molar-refractivity contribution in [3.63, 3.8) is 0 Å². The molecule has 0 saturated carbocycles. The van der Waals surface area contributed by atoms with Crippen molar-refractivity contribution in [2.24, 2.45) is 17.3 Å². The minimum absolute atomic E-state index is 0.169. The molecule has 0 aromatic rings. The van der Waals surface area contributed by atoms with Gasteiger partial charge in [0.05, 0.1) is 5.41 Å². The molecule has 0 amide bonds. The Morgan fingerprint density at radius 3 is 1.21 bits per heavy atom. The molecule has 0 atom stereocenters. The van der Waals surface area contributed by atoms with Crippen molar-refractivity contribution >= 4 is 11.9 Å². The number of hydrogen-bond donors (Lipinski definition) is 2. The zero-order chi connectivity index (χ0) is 21.4. The Labute approximate surface area is 173 Å². The number of carbonyl (C=O) groups is 2. The van der Waals surface area contributed by atoms with Gasteiger partial charge in [0.2, 0.25) is 0 Å². The van der Waals surface area contributed by atoms with E-state index in [0.29, 0.717) is 6.42 Å². The molecule has 0 aliphatic heterocycles. The zero-order valence-electron chi connectivity index (χ0n) is 19.0. The van der Waals surface area contributed by atoms with Gasteiger partial charge in [-0.1, -0.05) is 105 Å². The normalized spacial score (nSPS) is 12.1. The summed E-state index contributed by atoms with van der Waals surface area (Å²) in [4.78, 5) is 22.3. The fraction of sp³-hybridized carbons (Fsp3) is 0.917. The molecule has 0 heterocycles. The number of aliphatic carboxylic acids is 2. The van der Waals surface area contributed by atoms with Gasteiger partial charge in [-0.25, -0.2) is 0 Å². The lowest BCUT2D eigenvalue weighted by molar-refractivity contribution is -0.156. The van der Waals surface area contributed by atoms with Crippen LogP contribution in [0.1, 0.15) is 124 Å². The molecule has 0 aliphatic carbocycles. The first-order valence-corrected chi connectivity index (χ1v) is 11.7. The second kappa shape index (κ2) is 15.8. The summed E-state index contributed by atoms with van der Waals surface area (Å²) >= 11 is 0. The molecular weight excluding hydrogens is 352 g/mol. The van der Waals surface area contributed by atoms with Crippen LogP contribution in [-0.4, -0.2) is 22.2 Å². The summed E-state index contributed by atoms with van der Waals surface area (Å²) < 4.78 is 0. The molecule has 28 heavy (non-hydrogen) atoms. The lowest BCUT2D eigenvalue weighted by atomic mass is 9.66. The molecule has 0 aromatic heterocycles. The second-order valence-electron chi connectivity index (χ2n) is 9.14. The molecule has 4 heteroatoms. The third-order valence-corrected chi connectivity index (χ3v) is 6.44. The van der Waals surface area contributed by atoms with Gasteiger partial charge in [0, 0.05) is 6.42 Å². The predicted octanol–water partition coefficient (Wildman–Crippen LogP) is 7.31. The van der Waals surface area contributed by atoms with Crippen molar-refractivity contribution < 1.29 is 19.8 Å². The Morgan fingerprint density at radius 1 is 0.607 bits per heavy atom. The molecule has 0 fully saturated rings. The standard InChI is InChI=1S/C24H46O4/c1-20(2)24(21(3)4,23(27)28)19-17-15-13-11-9-7-5-6-8-10-12-14-16-18-22(25)26/h20-21H,5-19H2,1-4H3,(H,25,26)(H,27,28). The van der Waals surface area contributed by atoms with Crippen LogP contribution in [-0.2, 0) is 9.59 Å². The van der Waals surface area contributed by atoms with Gasteiger partial charge in [-0.2, -0.15) is 0 Å². The molecule has 0 rings (SSSR count). The minimum Gasteiger partial charge on any atom is -0.481 e. The largest absolute Gasteiger partial charge is 0.481 e. The summed E-state index contributed by atoms with van der Waals surface area (Å²) in [7, 11) is 0. The van der Waals surface area contributed by atoms with E-state index in [0.717, 1.165) is 38.5 Å². The molecule has 0 aliphatic rings. The topological polar surface area (TPSA) is 74.6 Å². The van der Waals surface area contributed by atoms with Crippen LogP contribution in [0.25, 0.3) is 0 Å². The Kier molecular flexibility index (Phi) is 15.2. The number of hydrogen-bond acceptors (Lipinski definition) is 2. The lowest BCUT2D eigenvalue weighted by Crippen LogP contribution is -2.41. The first kappa shape index (κ1) is 26.9. The van der Waals surface area contributed by atoms with Crippen LogP contribution in [0.2, 0.25) is 0 Å². The monoisotopic (exact) mass is 398 g/mol. The highest BCUT2D eigenvalue weighted by Gasteiger charge is 2.43. The van der Waals surface area contributed by atoms with E-state index in [4.69, 9.17) is 5.11 Å². The van der Waals surface area contributed by atoms with E-state index >= 15 is 0 Å². The van der Waals surface area contributed by atoms with E-state index in [1.165, 1.54) is 51.4 Å². The van der Waals surface area contributed by atoms with Crippen molar-refractivity contribution in [1.29, 1.82) is 0 Å². The molecule has 166 valence electrons. The maximum absolute atomic E-state index is 11.9. The van der Waals surface area contributed by atoms with Crippen LogP contribution in [0.4, 0.5) is 0 Å². The highest BCUT2D eigenvalue weighted by atomic mass is 16.4. The van der Waals surface area contributed by atoms with E-state index in [1.807, 2.05) is 27.7 Å². The van der Waals surface area contributed by atoms with Gasteiger partial charge in [-0.3, -0.25) is 9.59 Å². The molecule has 0 aromatic carbocycles. The van der Waals surface area contributed by atoms with E-state index in [-0.39, 0.29) is 11.8 Å². The van der Waals surface area contributed by atoms with Crippen molar-refractivity contribution in [2.45, 2.75) is 124 Å². The zero-order valence-corrected chi connectivity index (χ0v) is 19.0. The summed E-state index contributed by atoms with van der Waals surface area (Å²) in [5, 5.41) is 18.3. The van der Waals surface area contributed by atoms with E-state index in [1.54, 1.807) is 0 Å². The molecule has 0 unspecified atom stereocenters. The maximum atomic E-state index is 11.9. The van der Waals surface area contributed by atoms with Crippen molar-refractivity contribution in [3.8, 4) is 0 Å². The summed E-state index contributed by atoms with van der Waals surface area (Å²) in [6, 6.07) is 0. The Hall–Kier alpha value is -1.06. The van der Waals surface area contributed by atoms with Crippen LogP contribution >= 0.6 is 0 Å². The molecular formula is C24H46O4. The van der Waals surface area contributed by atoms with E-state index < -0.39 is 17.4 Å². The van der Waals surface area contributed by atoms with Crippen LogP contribution < -0.4 is 0 Å². The van der Waals surface area contributed by atoms with Gasteiger partial charge in [-0.15, -0.1) is 0 Å². The maximum Gasteiger partial charge on any atom is 0.310 e. The van der Waals surface area contributed by atoms with Gasteiger partial charge in [0.1, 0.15) is 0 Å². The smallest absolute Gasteiger partial charge is 0.310 e. The van der Waals surface area contributed by atoms with Gasteiger partial charge in [0.25, 0.3) is 0 Å². The summed E-state index contributed by atoms with van der Waals surface area (Å²) in [6.45, 7) is 8.18. The molecule has 4 nitrogen and oxygen atoms in total. The van der Waals surface area contributed by atoms with Crippen molar-refractivity contribution in [1.82, 2.24) is 0 Å². The number of unbranched alkanes of at least 4 members (excludes halogenated alkanes) is 12. The first-order valence-electron chi connectivity index (χ1n) is 11.7. The molecule has 2 N–H and O–H groups in total. The van der Waals surface area contributed by atoms with E-state index in [2.05, 4.69) is 0 Å². The summed E-state index contributed by atoms with van der Waals surface area (Å²) in [5.41, 5.74) is -0.576. The van der Waals surface area contributed by atoms with Crippen LogP contribution in [0.15, 0.2) is 0 Å². The lowest BCUT2D eigenvalue weighted by Gasteiger charge is -2.37. The average Bonchev–Trinajstić information content (AvgIpc) is 2.60. The summed E-state index contributed by atoms with van der Waals surface area (Å²) in [5.74, 6) is -0.968. The SMILES string of the molecule is CC(C)C(CCCCCCCCCCCCCCCC(=O)O)(C(=O)O)C(C)C. The molecule has 0 bridgehead atoms. The number of carboxylic acids is 2. The van der Waals surface area contributed by atoms with Crippen LogP contribution in [0.5, 0.6) is 0 Å². The minimum atomic E-state index is -0.680. The average molecular weight is 399 g/mol. The summed E-state index contributed by atoms with van der Waals surface area (Å²) in [6.07, 6.45) is 16.5. The Bertz CT molecular complexity index is 407. The van der Waals surface area contributed by atoms with E-state index in [9.17, 15) is 14.7 Å². The van der Waals surface area contributed by atoms with Crippen LogP contribution in [0.3, 0.4) is 0 Å². The quantitative estimate of drug-likeness (QED) is 0.224. The molecule has 0 spiro atoms. The predicted molar refractivity (Wildman–Crippen MR) is 117 cm³/mol. The fourth-order valence-corrected chi connectivity index (χ4v) is 4.48. The van der Waals surface area contributed by atoms with Crippen LogP contribution in [0, 0.1) is 17.3 Å². The van der Waals surface area contributed by atoms with Crippen molar-refractivity contribution in [2.75, 3.05) is 0 Å². The number of carboxylic acid groups (broad SMARTS) is 2. The Morgan fingerprint density at radius 2 is 0.929 bits per heavy atom. The third-order valence-electron chi connectivity index (χ3n) is 6.44. The van der Waals surface area contributed by atoms with Crippen molar-refractivity contribution in [3.05, 3.63) is 0 Å². The highest BCUT2D eigenvalue weighted by molar-refractivity contribution is 5.75. The van der Waals surface area contributed by atoms with Gasteiger partial charge < -0.3 is 10.2 Å². The third kappa shape index (κ3) is 11.1. The Balaban J connectivity index is 3.59. The fourth-order valence-electron chi connectivity index (χ4n) is 4.48. The molecule has 0 radical (unpaired) electrons. The first-order chi connectivity index (χ1) is 13.2. The number of rotatable bonds is 19. The van der Waals surface area contributed by atoms with Gasteiger partial charge >= 0.3 is 11.9 Å². The molecule has 0 saturated heterocycles. The highest BCUT2D eigenvalue weighted by Crippen LogP contribution is 2.41. The second-order valence-corrected chi connectivity index (χ2v) is 9.14.